The number of aliphatic hydroxyl groups is 1. The molecule has 0 saturated carbocycles. The Labute approximate surface area is 326 Å². The standard InChI is InChI=1S/C42H41ClF2N4O7/c1-53-39-22(19-48-16-15-24(50)21-48)8-13-35(47-39)54-34-12-10-26-25(4-2-5-27(26)34)28-6-3-7-30(36(28)43)40-46-32-18-31-29(37(38(32)55-40)56-42(44)45)9-11-33(31)49-17-14-23(20-49)41(51)52/h2-8,13,18,23-24,33-34,42,50H,9-12,14-17,19-21H2,1H3,(H,51,52)/t23-,24-,33-,34+/m1/s1. The van der Waals surface area contributed by atoms with Gasteiger partial charge in [0.05, 0.1) is 29.7 Å². The molecule has 0 unspecified atom stereocenters. The number of benzene rings is 3. The molecule has 3 aromatic carbocycles. The number of hydrogen-bond acceptors (Lipinski definition) is 10. The lowest BCUT2D eigenvalue weighted by Gasteiger charge is -2.24. The third-order valence-electron chi connectivity index (χ3n) is 11.8. The van der Waals surface area contributed by atoms with Crippen molar-refractivity contribution in [2.45, 2.75) is 69.9 Å². The fraction of sp³-hybridized carbons (Fsp3) is 0.405. The lowest BCUT2D eigenvalue weighted by Crippen LogP contribution is -2.26. The number of carbonyl (C=O) groups is 1. The highest BCUT2D eigenvalue weighted by molar-refractivity contribution is 6.36. The minimum Gasteiger partial charge on any atom is -0.481 e. The zero-order valence-corrected chi connectivity index (χ0v) is 31.5. The molecule has 14 heteroatoms. The average Bonchev–Trinajstić information content (AvgIpc) is 4.03. The van der Waals surface area contributed by atoms with Crippen LogP contribution in [0.2, 0.25) is 5.02 Å². The number of carboxylic acids is 1. The van der Waals surface area contributed by atoms with Gasteiger partial charge in [0, 0.05) is 55.0 Å². The lowest BCUT2D eigenvalue weighted by atomic mass is 9.95. The van der Waals surface area contributed by atoms with Crippen LogP contribution in [0, 0.1) is 5.92 Å². The Kier molecular flexibility index (Phi) is 9.81. The summed E-state index contributed by atoms with van der Waals surface area (Å²) in [4.78, 5) is 25.4. The van der Waals surface area contributed by atoms with Gasteiger partial charge in [-0.2, -0.15) is 13.8 Å². The molecule has 0 bridgehead atoms. The second kappa shape index (κ2) is 14.9. The summed E-state index contributed by atoms with van der Waals surface area (Å²) in [5, 5.41) is 19.9. The molecule has 2 fully saturated rings. The maximum Gasteiger partial charge on any atom is 0.387 e. The van der Waals surface area contributed by atoms with Crippen LogP contribution in [0.5, 0.6) is 17.5 Å². The number of aromatic nitrogens is 2. The Balaban J connectivity index is 1.00. The van der Waals surface area contributed by atoms with E-state index in [1.165, 1.54) is 0 Å². The lowest BCUT2D eigenvalue weighted by molar-refractivity contribution is -0.141. The molecule has 9 rings (SSSR count). The summed E-state index contributed by atoms with van der Waals surface area (Å²) in [6.45, 7) is 0.0141. The fourth-order valence-corrected chi connectivity index (χ4v) is 9.43. The minimum absolute atomic E-state index is 0.0323. The second-order valence-corrected chi connectivity index (χ2v) is 15.5. The Hall–Kier alpha value is -4.82. The van der Waals surface area contributed by atoms with Crippen LogP contribution in [0.1, 0.15) is 65.6 Å². The smallest absolute Gasteiger partial charge is 0.387 e. The average molecular weight is 787 g/mol. The van der Waals surface area contributed by atoms with E-state index in [-0.39, 0.29) is 35.5 Å². The van der Waals surface area contributed by atoms with Crippen molar-refractivity contribution in [3.63, 3.8) is 0 Å². The van der Waals surface area contributed by atoms with E-state index in [0.29, 0.717) is 78.9 Å². The number of fused-ring (bicyclic) bond motifs is 3. The van der Waals surface area contributed by atoms with Gasteiger partial charge in [-0.15, -0.1) is 0 Å². The summed E-state index contributed by atoms with van der Waals surface area (Å²) in [5.74, 6) is -0.183. The van der Waals surface area contributed by atoms with Crippen LogP contribution in [0.15, 0.2) is 59.0 Å². The first-order valence-electron chi connectivity index (χ1n) is 19.0. The van der Waals surface area contributed by atoms with Crippen molar-refractivity contribution in [3.05, 3.63) is 87.4 Å². The molecule has 0 radical (unpaired) electrons. The summed E-state index contributed by atoms with van der Waals surface area (Å²) in [6, 6.07) is 17.2. The quantitative estimate of drug-likeness (QED) is 0.136. The molecule has 4 heterocycles. The van der Waals surface area contributed by atoms with Gasteiger partial charge < -0.3 is 28.8 Å². The Morgan fingerprint density at radius 2 is 1.77 bits per heavy atom. The number of alkyl halides is 2. The summed E-state index contributed by atoms with van der Waals surface area (Å²) in [5.41, 5.74) is 7.22. The molecular weight excluding hydrogens is 746 g/mol. The van der Waals surface area contributed by atoms with Crippen LogP contribution in [0.4, 0.5) is 8.78 Å². The highest BCUT2D eigenvalue weighted by Gasteiger charge is 2.39. The van der Waals surface area contributed by atoms with Crippen LogP contribution in [-0.2, 0) is 24.2 Å². The zero-order valence-electron chi connectivity index (χ0n) is 30.7. The van der Waals surface area contributed by atoms with Gasteiger partial charge in [-0.05, 0) is 85.5 Å². The largest absolute Gasteiger partial charge is 0.481 e. The number of β-amino-alcohol motifs (C(OH)–C–C–N with tert-alkyl or cyclic N) is 1. The number of oxazole rings is 1. The molecule has 2 saturated heterocycles. The number of nitrogens with zero attached hydrogens (tertiary/aromatic N) is 4. The highest BCUT2D eigenvalue weighted by atomic mass is 35.5. The van der Waals surface area contributed by atoms with Crippen molar-refractivity contribution < 1.29 is 42.4 Å². The number of likely N-dealkylation sites (tertiary alicyclic amines) is 2. The van der Waals surface area contributed by atoms with Crippen LogP contribution < -0.4 is 14.2 Å². The van der Waals surface area contributed by atoms with Crippen LogP contribution in [0.3, 0.4) is 0 Å². The number of methoxy groups -OCH3 is 1. The molecule has 4 atom stereocenters. The first-order chi connectivity index (χ1) is 27.1. The summed E-state index contributed by atoms with van der Waals surface area (Å²) in [7, 11) is 1.59. The number of hydrogen-bond donors (Lipinski definition) is 2. The Morgan fingerprint density at radius 1 is 0.964 bits per heavy atom. The highest BCUT2D eigenvalue weighted by Crippen LogP contribution is 2.48. The molecule has 0 amide bonds. The minimum atomic E-state index is -3.08. The van der Waals surface area contributed by atoms with E-state index in [2.05, 4.69) is 20.9 Å². The second-order valence-electron chi connectivity index (χ2n) is 15.1. The topological polar surface area (TPSA) is 131 Å². The normalized spacial score (nSPS) is 22.2. The molecule has 2 aliphatic carbocycles. The summed E-state index contributed by atoms with van der Waals surface area (Å²) >= 11 is 7.19. The van der Waals surface area contributed by atoms with Crippen molar-refractivity contribution in [2.75, 3.05) is 33.3 Å². The van der Waals surface area contributed by atoms with Gasteiger partial charge in [0.1, 0.15) is 11.6 Å². The number of rotatable bonds is 11. The maximum absolute atomic E-state index is 13.9. The zero-order chi connectivity index (χ0) is 38.7. The fourth-order valence-electron chi connectivity index (χ4n) is 9.12. The number of pyridine rings is 1. The van der Waals surface area contributed by atoms with E-state index in [0.717, 1.165) is 59.2 Å². The van der Waals surface area contributed by atoms with Gasteiger partial charge >= 0.3 is 12.6 Å². The molecule has 2 aromatic heterocycles. The third kappa shape index (κ3) is 6.74. The van der Waals surface area contributed by atoms with E-state index in [4.69, 9.17) is 35.2 Å². The molecule has 5 aromatic rings. The molecule has 0 spiro atoms. The first-order valence-corrected chi connectivity index (χ1v) is 19.4. The van der Waals surface area contributed by atoms with Crippen LogP contribution in [0.25, 0.3) is 33.7 Å². The molecule has 4 aliphatic rings. The monoisotopic (exact) mass is 786 g/mol. The molecule has 292 valence electrons. The van der Waals surface area contributed by atoms with Crippen molar-refractivity contribution in [1.29, 1.82) is 0 Å². The van der Waals surface area contributed by atoms with Crippen molar-refractivity contribution in [2.24, 2.45) is 5.92 Å². The van der Waals surface area contributed by atoms with Crippen molar-refractivity contribution in [3.8, 4) is 40.1 Å². The SMILES string of the molecule is COc1nc(O[C@H]2CCc3c(-c4cccc(-c5nc6cc7c(c(OC(F)F)c6o5)CC[C@H]7N5CC[C@@H](C(=O)O)C5)c4Cl)cccc32)ccc1CN1CC[C@@H](O)C1. The number of halogens is 3. The predicted octanol–water partition coefficient (Wildman–Crippen LogP) is 7.85. The Bertz CT molecular complexity index is 2320. The van der Waals surface area contributed by atoms with E-state index in [1.54, 1.807) is 13.2 Å². The van der Waals surface area contributed by atoms with E-state index in [1.807, 2.05) is 42.5 Å². The van der Waals surface area contributed by atoms with Gasteiger partial charge in [0.15, 0.2) is 11.3 Å². The maximum atomic E-state index is 13.9. The predicted molar refractivity (Wildman–Crippen MR) is 203 cm³/mol. The van der Waals surface area contributed by atoms with Crippen molar-refractivity contribution >= 4 is 28.7 Å². The molecule has 2 aliphatic heterocycles. The van der Waals surface area contributed by atoms with E-state index < -0.39 is 18.5 Å². The van der Waals surface area contributed by atoms with Gasteiger partial charge in [-0.3, -0.25) is 14.6 Å². The van der Waals surface area contributed by atoms with E-state index in [9.17, 15) is 23.8 Å². The summed E-state index contributed by atoms with van der Waals surface area (Å²) < 4.78 is 51.2. The number of ether oxygens (including phenoxy) is 3. The molecule has 2 N–H and O–H groups in total. The Morgan fingerprint density at radius 3 is 2.54 bits per heavy atom. The first kappa shape index (κ1) is 36.8. The van der Waals surface area contributed by atoms with Gasteiger partial charge in [-0.1, -0.05) is 41.9 Å². The van der Waals surface area contributed by atoms with Crippen LogP contribution in [-0.4, -0.2) is 82.0 Å². The van der Waals surface area contributed by atoms with Gasteiger partial charge in [-0.25, -0.2) is 4.98 Å². The van der Waals surface area contributed by atoms with Gasteiger partial charge in [0.2, 0.25) is 17.7 Å². The van der Waals surface area contributed by atoms with E-state index >= 15 is 0 Å². The summed E-state index contributed by atoms with van der Waals surface area (Å²) in [6.07, 6.45) is 3.38. The number of carboxylic acid groups (broad SMARTS) is 1. The van der Waals surface area contributed by atoms with Gasteiger partial charge in [0.25, 0.3) is 0 Å². The van der Waals surface area contributed by atoms with Crippen LogP contribution >= 0.6 is 11.6 Å². The number of aliphatic carboxylic acids is 1. The third-order valence-corrected chi connectivity index (χ3v) is 12.2. The number of aliphatic hydroxyl groups excluding tert-OH is 1. The molecular formula is C42H41ClF2N4O7. The molecule has 56 heavy (non-hydrogen) atoms. The molecule has 11 nitrogen and oxygen atoms in total. The van der Waals surface area contributed by atoms with Crippen molar-refractivity contribution in [1.82, 2.24) is 19.8 Å².